The lowest BCUT2D eigenvalue weighted by Gasteiger charge is -2.32. The Labute approximate surface area is 135 Å². The van der Waals surface area contributed by atoms with Gasteiger partial charge in [0.15, 0.2) is 0 Å². The Balaban J connectivity index is 1.88. The van der Waals surface area contributed by atoms with Crippen LogP contribution in [0.4, 0.5) is 4.39 Å². The van der Waals surface area contributed by atoms with E-state index in [1.165, 1.54) is 22.5 Å². The fourth-order valence-corrected chi connectivity index (χ4v) is 4.39. The van der Waals surface area contributed by atoms with Crippen molar-refractivity contribution in [1.82, 2.24) is 4.31 Å². The molecule has 3 rings (SSSR count). The fourth-order valence-electron chi connectivity index (χ4n) is 2.75. The van der Waals surface area contributed by atoms with Gasteiger partial charge in [0.25, 0.3) is 0 Å². The third kappa shape index (κ3) is 3.29. The molecular formula is C17H18FNO3S. The van der Waals surface area contributed by atoms with Crippen molar-refractivity contribution >= 4 is 10.0 Å². The van der Waals surface area contributed by atoms with Gasteiger partial charge in [-0.2, -0.15) is 4.31 Å². The molecule has 0 N–H and O–H groups in total. The van der Waals surface area contributed by atoms with Crippen LogP contribution >= 0.6 is 0 Å². The number of hydrogen-bond donors (Lipinski definition) is 0. The van der Waals surface area contributed by atoms with Crippen LogP contribution in [0.1, 0.15) is 17.2 Å². The van der Waals surface area contributed by atoms with E-state index in [-0.39, 0.29) is 17.5 Å². The molecule has 1 atom stereocenters. The molecular weight excluding hydrogens is 317 g/mol. The average molecular weight is 335 g/mol. The topological polar surface area (TPSA) is 46.6 Å². The first kappa shape index (κ1) is 16.1. The van der Waals surface area contributed by atoms with Gasteiger partial charge in [-0.1, -0.05) is 30.3 Å². The number of nitrogens with zero attached hydrogens (tertiary/aromatic N) is 1. The molecule has 0 amide bonds. The summed E-state index contributed by atoms with van der Waals surface area (Å²) in [7, 11) is -3.66. The van der Waals surface area contributed by atoms with Gasteiger partial charge in [0, 0.05) is 13.1 Å². The zero-order valence-corrected chi connectivity index (χ0v) is 13.6. The summed E-state index contributed by atoms with van der Waals surface area (Å²) in [6.45, 7) is 2.48. The Hall–Kier alpha value is -1.76. The Morgan fingerprint density at radius 2 is 1.91 bits per heavy atom. The molecule has 0 unspecified atom stereocenters. The van der Waals surface area contributed by atoms with Gasteiger partial charge in [0.1, 0.15) is 5.82 Å². The predicted octanol–water partition coefficient (Wildman–Crippen LogP) is 2.90. The molecule has 1 fully saturated rings. The molecule has 1 saturated heterocycles. The summed E-state index contributed by atoms with van der Waals surface area (Å²) in [5.41, 5.74) is 1.36. The Kier molecular flexibility index (Phi) is 4.48. The molecule has 122 valence electrons. The summed E-state index contributed by atoms with van der Waals surface area (Å²) < 4.78 is 46.0. The number of halogens is 1. The Morgan fingerprint density at radius 3 is 2.61 bits per heavy atom. The van der Waals surface area contributed by atoms with Gasteiger partial charge >= 0.3 is 0 Å². The van der Waals surface area contributed by atoms with E-state index >= 15 is 0 Å². The lowest BCUT2D eigenvalue weighted by molar-refractivity contribution is -0.00256. The average Bonchev–Trinajstić information content (AvgIpc) is 2.55. The van der Waals surface area contributed by atoms with Crippen molar-refractivity contribution in [2.45, 2.75) is 17.9 Å². The predicted molar refractivity (Wildman–Crippen MR) is 85.0 cm³/mol. The van der Waals surface area contributed by atoms with Gasteiger partial charge in [-0.25, -0.2) is 12.8 Å². The minimum absolute atomic E-state index is 0.146. The number of hydrogen-bond acceptors (Lipinski definition) is 3. The highest BCUT2D eigenvalue weighted by Crippen LogP contribution is 2.27. The highest BCUT2D eigenvalue weighted by Gasteiger charge is 2.32. The van der Waals surface area contributed by atoms with Crippen LogP contribution in [0.2, 0.25) is 0 Å². The van der Waals surface area contributed by atoms with Gasteiger partial charge in [-0.15, -0.1) is 0 Å². The first-order valence-corrected chi connectivity index (χ1v) is 8.85. The molecule has 0 spiro atoms. The second-order valence-electron chi connectivity index (χ2n) is 5.54. The van der Waals surface area contributed by atoms with Crippen LogP contribution in [0.5, 0.6) is 0 Å². The highest BCUT2D eigenvalue weighted by atomic mass is 32.2. The van der Waals surface area contributed by atoms with E-state index in [4.69, 9.17) is 4.74 Å². The fraction of sp³-hybridized carbons (Fsp3) is 0.294. The van der Waals surface area contributed by atoms with Crippen LogP contribution in [0.3, 0.4) is 0 Å². The minimum atomic E-state index is -3.66. The molecule has 0 bridgehead atoms. The molecule has 4 nitrogen and oxygen atoms in total. The van der Waals surface area contributed by atoms with E-state index in [2.05, 4.69) is 0 Å². The van der Waals surface area contributed by atoms with E-state index < -0.39 is 15.8 Å². The number of benzene rings is 2. The molecule has 0 aromatic heterocycles. The number of ether oxygens (including phenoxy) is 1. The lowest BCUT2D eigenvalue weighted by atomic mass is 10.1. The van der Waals surface area contributed by atoms with E-state index in [0.717, 1.165) is 5.56 Å². The van der Waals surface area contributed by atoms with Gasteiger partial charge in [-0.05, 0) is 36.2 Å². The smallest absolute Gasteiger partial charge is 0.243 e. The second-order valence-corrected chi connectivity index (χ2v) is 7.45. The summed E-state index contributed by atoms with van der Waals surface area (Å²) in [6.07, 6.45) is -0.291. The molecule has 0 saturated carbocycles. The first-order valence-electron chi connectivity index (χ1n) is 7.41. The summed E-state index contributed by atoms with van der Waals surface area (Å²) in [5, 5.41) is 0. The maximum absolute atomic E-state index is 13.2. The van der Waals surface area contributed by atoms with Crippen molar-refractivity contribution < 1.29 is 17.5 Å². The lowest BCUT2D eigenvalue weighted by Crippen LogP contribution is -2.42. The summed E-state index contributed by atoms with van der Waals surface area (Å²) in [6, 6.07) is 13.3. The second kappa shape index (κ2) is 6.39. The molecule has 1 heterocycles. The van der Waals surface area contributed by atoms with Crippen LogP contribution in [0.25, 0.3) is 0 Å². The van der Waals surface area contributed by atoms with Crippen molar-refractivity contribution in [2.24, 2.45) is 0 Å². The highest BCUT2D eigenvalue weighted by molar-refractivity contribution is 7.89. The van der Waals surface area contributed by atoms with E-state index in [0.29, 0.717) is 18.7 Å². The quantitative estimate of drug-likeness (QED) is 0.866. The standard InChI is InChI=1S/C17H18FNO3S/c1-13-11-15(18)7-8-17(13)23(20,21)19-9-10-22-16(12-19)14-5-3-2-4-6-14/h2-8,11,16H,9-10,12H2,1H3/t16-/m0/s1. The maximum atomic E-state index is 13.2. The zero-order valence-electron chi connectivity index (χ0n) is 12.8. The molecule has 1 aliphatic heterocycles. The summed E-state index contributed by atoms with van der Waals surface area (Å²) in [5.74, 6) is -0.439. The van der Waals surface area contributed by atoms with E-state index in [9.17, 15) is 12.8 Å². The summed E-state index contributed by atoms with van der Waals surface area (Å²) in [4.78, 5) is 0.146. The van der Waals surface area contributed by atoms with Crippen LogP contribution < -0.4 is 0 Å². The third-order valence-electron chi connectivity index (χ3n) is 3.96. The van der Waals surface area contributed by atoms with Gasteiger partial charge in [0.05, 0.1) is 17.6 Å². The van der Waals surface area contributed by atoms with E-state index in [1.54, 1.807) is 6.92 Å². The van der Waals surface area contributed by atoms with Crippen molar-refractivity contribution in [3.05, 3.63) is 65.5 Å². The molecule has 0 aliphatic carbocycles. The molecule has 23 heavy (non-hydrogen) atoms. The van der Waals surface area contributed by atoms with Crippen LogP contribution in [0.15, 0.2) is 53.4 Å². The van der Waals surface area contributed by atoms with Crippen LogP contribution in [-0.4, -0.2) is 32.4 Å². The Morgan fingerprint density at radius 1 is 1.17 bits per heavy atom. The first-order chi connectivity index (χ1) is 11.0. The van der Waals surface area contributed by atoms with Crippen LogP contribution in [0, 0.1) is 12.7 Å². The minimum Gasteiger partial charge on any atom is -0.371 e. The molecule has 1 aliphatic rings. The normalized spacial score (nSPS) is 19.7. The monoisotopic (exact) mass is 335 g/mol. The molecule has 0 radical (unpaired) electrons. The van der Waals surface area contributed by atoms with Crippen LogP contribution in [-0.2, 0) is 14.8 Å². The maximum Gasteiger partial charge on any atom is 0.243 e. The molecule has 2 aromatic rings. The largest absolute Gasteiger partial charge is 0.371 e. The number of morpholine rings is 1. The van der Waals surface area contributed by atoms with Gasteiger partial charge in [-0.3, -0.25) is 0 Å². The zero-order chi connectivity index (χ0) is 16.4. The van der Waals surface area contributed by atoms with Gasteiger partial charge < -0.3 is 4.74 Å². The number of aryl methyl sites for hydroxylation is 1. The number of rotatable bonds is 3. The van der Waals surface area contributed by atoms with Gasteiger partial charge in [0.2, 0.25) is 10.0 Å². The third-order valence-corrected chi connectivity index (χ3v) is 5.98. The molecule has 2 aromatic carbocycles. The number of sulfonamides is 1. The van der Waals surface area contributed by atoms with Crippen molar-refractivity contribution in [1.29, 1.82) is 0 Å². The van der Waals surface area contributed by atoms with Crippen molar-refractivity contribution in [3.8, 4) is 0 Å². The SMILES string of the molecule is Cc1cc(F)ccc1S(=O)(=O)N1CCO[C@H](c2ccccc2)C1. The van der Waals surface area contributed by atoms with Crippen molar-refractivity contribution in [3.63, 3.8) is 0 Å². The van der Waals surface area contributed by atoms with Crippen molar-refractivity contribution in [2.75, 3.05) is 19.7 Å². The van der Waals surface area contributed by atoms with E-state index in [1.807, 2.05) is 30.3 Å². The summed E-state index contributed by atoms with van der Waals surface area (Å²) >= 11 is 0. The molecule has 6 heteroatoms. The Bertz CT molecular complexity index is 793.